The van der Waals surface area contributed by atoms with Crippen molar-refractivity contribution in [2.24, 2.45) is 5.73 Å². The second kappa shape index (κ2) is 5.09. The fraction of sp³-hybridized carbons (Fsp3) is 0.250. The monoisotopic (exact) mass is 296 g/mol. The van der Waals surface area contributed by atoms with Crippen LogP contribution in [0.5, 0.6) is 0 Å². The van der Waals surface area contributed by atoms with E-state index >= 15 is 0 Å². The third-order valence-electron chi connectivity index (χ3n) is 3.86. The molecule has 1 unspecified atom stereocenters. The number of nitrogens with two attached hydrogens (primary N) is 1. The van der Waals surface area contributed by atoms with E-state index in [1.54, 1.807) is 11.3 Å². The molecule has 1 aliphatic rings. The number of para-hydroxylation sites is 1. The fourth-order valence-electron chi connectivity index (χ4n) is 2.71. The predicted molar refractivity (Wildman–Crippen MR) is 83.7 cm³/mol. The molecule has 0 aliphatic heterocycles. The highest BCUT2D eigenvalue weighted by atomic mass is 32.1. The molecule has 1 atom stereocenters. The van der Waals surface area contributed by atoms with Crippen LogP contribution in [0.2, 0.25) is 0 Å². The van der Waals surface area contributed by atoms with Crippen LogP contribution in [0.15, 0.2) is 42.7 Å². The van der Waals surface area contributed by atoms with Crippen molar-refractivity contribution in [3.63, 3.8) is 0 Å². The van der Waals surface area contributed by atoms with Crippen molar-refractivity contribution in [2.75, 3.05) is 0 Å². The molecule has 21 heavy (non-hydrogen) atoms. The van der Waals surface area contributed by atoms with Gasteiger partial charge in [-0.15, -0.1) is 11.3 Å². The molecule has 2 N–H and O–H groups in total. The van der Waals surface area contributed by atoms with Gasteiger partial charge in [-0.25, -0.2) is 9.67 Å². The number of hydrogen-bond acceptors (Lipinski definition) is 4. The van der Waals surface area contributed by atoms with Crippen molar-refractivity contribution >= 4 is 11.3 Å². The summed E-state index contributed by atoms with van der Waals surface area (Å²) >= 11 is 1.76. The van der Waals surface area contributed by atoms with Gasteiger partial charge in [0, 0.05) is 16.6 Å². The van der Waals surface area contributed by atoms with E-state index in [1.807, 2.05) is 47.4 Å². The van der Waals surface area contributed by atoms with Crippen molar-refractivity contribution in [3.05, 3.63) is 63.9 Å². The topological polar surface area (TPSA) is 56.7 Å². The molecule has 0 saturated carbocycles. The van der Waals surface area contributed by atoms with Gasteiger partial charge in [-0.3, -0.25) is 0 Å². The van der Waals surface area contributed by atoms with E-state index in [0.717, 1.165) is 29.1 Å². The van der Waals surface area contributed by atoms with Crippen LogP contribution in [0.1, 0.15) is 33.6 Å². The molecule has 106 valence electrons. The number of nitrogens with zero attached hydrogens (tertiary/aromatic N) is 3. The SMILES string of the molecule is NC(c1cnn(-c2ccccc2)c1)c1nc2c(s1)CCC2. The Balaban J connectivity index is 1.62. The average Bonchev–Trinajstić information content (AvgIpc) is 3.22. The van der Waals surface area contributed by atoms with Gasteiger partial charge in [0.05, 0.1) is 23.6 Å². The highest BCUT2D eigenvalue weighted by Crippen LogP contribution is 2.32. The lowest BCUT2D eigenvalue weighted by atomic mass is 10.2. The van der Waals surface area contributed by atoms with Crippen molar-refractivity contribution < 1.29 is 0 Å². The van der Waals surface area contributed by atoms with E-state index in [-0.39, 0.29) is 6.04 Å². The first-order valence-electron chi connectivity index (χ1n) is 7.15. The zero-order chi connectivity index (χ0) is 14.2. The van der Waals surface area contributed by atoms with Crippen LogP contribution in [0.4, 0.5) is 0 Å². The smallest absolute Gasteiger partial charge is 0.115 e. The first kappa shape index (κ1) is 12.7. The number of hydrogen-bond donors (Lipinski definition) is 1. The Morgan fingerprint density at radius 1 is 1.19 bits per heavy atom. The molecular weight excluding hydrogens is 280 g/mol. The zero-order valence-electron chi connectivity index (χ0n) is 11.6. The van der Waals surface area contributed by atoms with Crippen LogP contribution in [-0.2, 0) is 12.8 Å². The minimum absolute atomic E-state index is 0.182. The Labute approximate surface area is 127 Å². The molecule has 0 radical (unpaired) electrons. The molecule has 3 aromatic rings. The van der Waals surface area contributed by atoms with E-state index in [1.165, 1.54) is 17.0 Å². The Bertz CT molecular complexity index is 738. The minimum Gasteiger partial charge on any atom is -0.318 e. The van der Waals surface area contributed by atoms with Gasteiger partial charge in [-0.2, -0.15) is 5.10 Å². The number of fused-ring (bicyclic) bond motifs is 1. The maximum absolute atomic E-state index is 6.36. The van der Waals surface area contributed by atoms with E-state index in [2.05, 4.69) is 5.10 Å². The fourth-order valence-corrected chi connectivity index (χ4v) is 3.89. The average molecular weight is 296 g/mol. The number of benzene rings is 1. The third-order valence-corrected chi connectivity index (χ3v) is 5.10. The molecule has 4 rings (SSSR count). The molecule has 1 aliphatic carbocycles. The number of aryl methyl sites for hydroxylation is 2. The molecule has 4 nitrogen and oxygen atoms in total. The number of aromatic nitrogens is 3. The van der Waals surface area contributed by atoms with E-state index < -0.39 is 0 Å². The highest BCUT2D eigenvalue weighted by molar-refractivity contribution is 7.11. The van der Waals surface area contributed by atoms with E-state index in [4.69, 9.17) is 10.7 Å². The quantitative estimate of drug-likeness (QED) is 0.808. The molecule has 0 saturated heterocycles. The number of rotatable bonds is 3. The summed E-state index contributed by atoms with van der Waals surface area (Å²) in [7, 11) is 0. The molecule has 2 heterocycles. The molecule has 0 amide bonds. The predicted octanol–water partition coefficient (Wildman–Crippen LogP) is 2.87. The van der Waals surface area contributed by atoms with Crippen LogP contribution in [0, 0.1) is 0 Å². The lowest BCUT2D eigenvalue weighted by Gasteiger charge is -2.05. The normalized spacial score (nSPS) is 15.1. The highest BCUT2D eigenvalue weighted by Gasteiger charge is 2.21. The summed E-state index contributed by atoms with van der Waals surface area (Å²) in [5.41, 5.74) is 9.66. The van der Waals surface area contributed by atoms with Crippen LogP contribution >= 0.6 is 11.3 Å². The van der Waals surface area contributed by atoms with Gasteiger partial charge in [0.2, 0.25) is 0 Å². The Kier molecular flexibility index (Phi) is 3.09. The first-order chi connectivity index (χ1) is 10.3. The maximum Gasteiger partial charge on any atom is 0.115 e. The van der Waals surface area contributed by atoms with Gasteiger partial charge in [-0.05, 0) is 31.4 Å². The van der Waals surface area contributed by atoms with Gasteiger partial charge in [0.1, 0.15) is 5.01 Å². The molecule has 5 heteroatoms. The molecule has 0 spiro atoms. The lowest BCUT2D eigenvalue weighted by Crippen LogP contribution is -2.11. The molecule has 0 fully saturated rings. The largest absolute Gasteiger partial charge is 0.318 e. The summed E-state index contributed by atoms with van der Waals surface area (Å²) in [5.74, 6) is 0. The van der Waals surface area contributed by atoms with Crippen molar-refractivity contribution in [1.82, 2.24) is 14.8 Å². The maximum atomic E-state index is 6.36. The minimum atomic E-state index is -0.182. The van der Waals surface area contributed by atoms with Crippen LogP contribution in [0.3, 0.4) is 0 Å². The summed E-state index contributed by atoms with van der Waals surface area (Å²) in [6.07, 6.45) is 7.32. The van der Waals surface area contributed by atoms with Crippen LogP contribution < -0.4 is 5.73 Å². The molecule has 1 aromatic carbocycles. The lowest BCUT2D eigenvalue weighted by molar-refractivity contribution is 0.831. The Morgan fingerprint density at radius 3 is 2.86 bits per heavy atom. The summed E-state index contributed by atoms with van der Waals surface area (Å²) in [5, 5.41) is 5.42. The second-order valence-corrected chi connectivity index (χ2v) is 6.42. The third kappa shape index (κ3) is 2.28. The Morgan fingerprint density at radius 2 is 2.05 bits per heavy atom. The number of thiazole rings is 1. The first-order valence-corrected chi connectivity index (χ1v) is 7.97. The van der Waals surface area contributed by atoms with Gasteiger partial charge in [-0.1, -0.05) is 18.2 Å². The van der Waals surface area contributed by atoms with Gasteiger partial charge in [0.25, 0.3) is 0 Å². The van der Waals surface area contributed by atoms with Crippen LogP contribution in [0.25, 0.3) is 5.69 Å². The van der Waals surface area contributed by atoms with Gasteiger partial charge >= 0.3 is 0 Å². The van der Waals surface area contributed by atoms with E-state index in [9.17, 15) is 0 Å². The van der Waals surface area contributed by atoms with Gasteiger partial charge < -0.3 is 5.73 Å². The molecule has 0 bridgehead atoms. The summed E-state index contributed by atoms with van der Waals surface area (Å²) in [6, 6.07) is 9.87. The molecule has 2 aromatic heterocycles. The van der Waals surface area contributed by atoms with Crippen LogP contribution in [-0.4, -0.2) is 14.8 Å². The van der Waals surface area contributed by atoms with Gasteiger partial charge in [0.15, 0.2) is 0 Å². The standard InChI is InChI=1S/C16H16N4S/c17-15(16-19-13-7-4-8-14(13)21-16)11-9-18-20(10-11)12-5-2-1-3-6-12/h1-3,5-6,9-10,15H,4,7-8,17H2. The summed E-state index contributed by atoms with van der Waals surface area (Å²) in [6.45, 7) is 0. The second-order valence-electron chi connectivity index (χ2n) is 5.31. The van der Waals surface area contributed by atoms with E-state index in [0.29, 0.717) is 0 Å². The Hall–Kier alpha value is -1.98. The molecular formula is C16H16N4S. The summed E-state index contributed by atoms with van der Waals surface area (Å²) in [4.78, 5) is 6.12. The zero-order valence-corrected chi connectivity index (χ0v) is 12.4. The summed E-state index contributed by atoms with van der Waals surface area (Å²) < 4.78 is 1.86. The van der Waals surface area contributed by atoms with Crippen molar-refractivity contribution in [1.29, 1.82) is 0 Å². The van der Waals surface area contributed by atoms with Crippen molar-refractivity contribution in [3.8, 4) is 5.69 Å². The van der Waals surface area contributed by atoms with Crippen molar-refractivity contribution in [2.45, 2.75) is 25.3 Å².